The van der Waals surface area contributed by atoms with Gasteiger partial charge >= 0.3 is 0 Å². The molecule has 4 bridgehead atoms. The number of hydrogen-bond donors (Lipinski definition) is 0. The van der Waals surface area contributed by atoms with Crippen LogP contribution in [0.5, 0.6) is 5.75 Å². The van der Waals surface area contributed by atoms with Gasteiger partial charge in [0, 0.05) is 24.9 Å². The Balaban J connectivity index is 1.54. The topological polar surface area (TPSA) is 46.6 Å². The molecule has 0 radical (unpaired) electrons. The number of amides is 1. The minimum Gasteiger partial charge on any atom is -0.497 e. The third-order valence-corrected chi connectivity index (χ3v) is 6.76. The Labute approximate surface area is 155 Å². The highest BCUT2D eigenvalue weighted by Crippen LogP contribution is 2.59. The Kier molecular flexibility index (Phi) is 4.54. The SMILES string of the molecule is CCCN(Cc1ccc(OC)cc1)C(=O)C12CC3C[C@H](C1)C(=O)[C@@H](C3)C2. The van der Waals surface area contributed by atoms with Crippen molar-refractivity contribution in [1.82, 2.24) is 4.90 Å². The van der Waals surface area contributed by atoms with Gasteiger partial charge in [-0.2, -0.15) is 0 Å². The van der Waals surface area contributed by atoms with Crippen molar-refractivity contribution in [3.63, 3.8) is 0 Å². The Morgan fingerprint density at radius 3 is 2.38 bits per heavy atom. The van der Waals surface area contributed by atoms with Gasteiger partial charge < -0.3 is 9.64 Å². The molecule has 0 spiro atoms. The molecule has 0 heterocycles. The lowest BCUT2D eigenvalue weighted by atomic mass is 9.48. The molecule has 5 rings (SSSR count). The number of hydrogen-bond acceptors (Lipinski definition) is 3. The maximum Gasteiger partial charge on any atom is 0.229 e. The van der Waals surface area contributed by atoms with Crippen LogP contribution in [0.25, 0.3) is 0 Å². The molecule has 0 aliphatic heterocycles. The molecule has 4 heteroatoms. The predicted molar refractivity (Wildman–Crippen MR) is 99.7 cm³/mol. The zero-order valence-electron chi connectivity index (χ0n) is 15.9. The van der Waals surface area contributed by atoms with Gasteiger partial charge in [-0.05, 0) is 62.1 Å². The first-order valence-electron chi connectivity index (χ1n) is 10.0. The van der Waals surface area contributed by atoms with Crippen molar-refractivity contribution in [2.24, 2.45) is 23.2 Å². The summed E-state index contributed by atoms with van der Waals surface area (Å²) in [5, 5.41) is 0. The highest BCUT2D eigenvalue weighted by atomic mass is 16.5. The largest absolute Gasteiger partial charge is 0.497 e. The fourth-order valence-electron chi connectivity index (χ4n) is 5.82. The molecule has 140 valence electrons. The van der Waals surface area contributed by atoms with Gasteiger partial charge in [-0.25, -0.2) is 0 Å². The van der Waals surface area contributed by atoms with Crippen molar-refractivity contribution in [3.8, 4) is 5.75 Å². The molecule has 0 aromatic heterocycles. The Morgan fingerprint density at radius 1 is 1.15 bits per heavy atom. The lowest BCUT2D eigenvalue weighted by molar-refractivity contribution is -0.164. The first-order chi connectivity index (χ1) is 12.5. The number of Topliss-reactive ketones (excluding diaryl/α,β-unsaturated/α-hetero) is 1. The maximum absolute atomic E-state index is 13.6. The lowest BCUT2D eigenvalue weighted by Gasteiger charge is -2.55. The molecule has 26 heavy (non-hydrogen) atoms. The monoisotopic (exact) mass is 355 g/mol. The van der Waals surface area contributed by atoms with Crippen LogP contribution >= 0.6 is 0 Å². The van der Waals surface area contributed by atoms with Gasteiger partial charge in [0.25, 0.3) is 0 Å². The molecule has 4 aliphatic carbocycles. The second-order valence-electron chi connectivity index (χ2n) is 8.60. The quantitative estimate of drug-likeness (QED) is 0.779. The number of carbonyl (C=O) groups excluding carboxylic acids is 2. The minimum absolute atomic E-state index is 0.148. The first kappa shape index (κ1) is 17.6. The Morgan fingerprint density at radius 2 is 1.81 bits per heavy atom. The number of benzene rings is 1. The number of nitrogens with zero attached hydrogens (tertiary/aromatic N) is 1. The molecule has 4 atom stereocenters. The fraction of sp³-hybridized carbons (Fsp3) is 0.636. The molecule has 0 saturated heterocycles. The summed E-state index contributed by atoms with van der Waals surface area (Å²) in [7, 11) is 1.66. The van der Waals surface area contributed by atoms with E-state index in [0.717, 1.165) is 56.4 Å². The molecule has 2 unspecified atom stereocenters. The second kappa shape index (κ2) is 6.71. The number of ketones is 1. The molecule has 0 N–H and O–H groups in total. The van der Waals surface area contributed by atoms with Gasteiger partial charge in [0.15, 0.2) is 0 Å². The molecule has 1 aromatic carbocycles. The van der Waals surface area contributed by atoms with Crippen LogP contribution in [0.2, 0.25) is 0 Å². The number of ether oxygens (including phenoxy) is 1. The number of methoxy groups -OCH3 is 1. The molecular formula is C22H29NO3. The van der Waals surface area contributed by atoms with Gasteiger partial charge in [0.2, 0.25) is 5.91 Å². The van der Waals surface area contributed by atoms with Crippen LogP contribution in [-0.2, 0) is 16.1 Å². The van der Waals surface area contributed by atoms with Crippen LogP contribution in [0.15, 0.2) is 24.3 Å². The van der Waals surface area contributed by atoms with Crippen molar-refractivity contribution < 1.29 is 14.3 Å². The highest BCUT2D eigenvalue weighted by molar-refractivity contribution is 5.91. The zero-order valence-corrected chi connectivity index (χ0v) is 15.9. The van der Waals surface area contributed by atoms with Gasteiger partial charge in [0.1, 0.15) is 11.5 Å². The van der Waals surface area contributed by atoms with Crippen molar-refractivity contribution in [2.45, 2.75) is 52.0 Å². The summed E-state index contributed by atoms with van der Waals surface area (Å²) in [6, 6.07) is 7.98. The van der Waals surface area contributed by atoms with E-state index in [0.29, 0.717) is 24.2 Å². The molecule has 1 aromatic rings. The van der Waals surface area contributed by atoms with Gasteiger partial charge in [0.05, 0.1) is 12.5 Å². The Hall–Kier alpha value is -1.84. The molecular weight excluding hydrogens is 326 g/mol. The van der Waals surface area contributed by atoms with Gasteiger partial charge in [-0.3, -0.25) is 9.59 Å². The van der Waals surface area contributed by atoms with E-state index >= 15 is 0 Å². The lowest BCUT2D eigenvalue weighted by Crippen LogP contribution is -2.57. The molecule has 4 fully saturated rings. The van der Waals surface area contributed by atoms with Crippen molar-refractivity contribution in [1.29, 1.82) is 0 Å². The highest BCUT2D eigenvalue weighted by Gasteiger charge is 2.58. The average Bonchev–Trinajstić information content (AvgIpc) is 2.65. The Bertz CT molecular complexity index is 678. The van der Waals surface area contributed by atoms with E-state index in [1.807, 2.05) is 29.2 Å². The van der Waals surface area contributed by atoms with E-state index in [1.54, 1.807) is 7.11 Å². The summed E-state index contributed by atoms with van der Waals surface area (Å²) < 4.78 is 5.23. The summed E-state index contributed by atoms with van der Waals surface area (Å²) in [5.74, 6) is 2.45. The van der Waals surface area contributed by atoms with Crippen molar-refractivity contribution in [3.05, 3.63) is 29.8 Å². The minimum atomic E-state index is -0.272. The smallest absolute Gasteiger partial charge is 0.229 e. The zero-order chi connectivity index (χ0) is 18.3. The van der Waals surface area contributed by atoms with Gasteiger partial charge in [-0.15, -0.1) is 0 Å². The molecule has 4 saturated carbocycles. The summed E-state index contributed by atoms with van der Waals surface area (Å²) in [5.41, 5.74) is 0.861. The third kappa shape index (κ3) is 2.93. The van der Waals surface area contributed by atoms with Crippen molar-refractivity contribution >= 4 is 11.7 Å². The first-order valence-corrected chi connectivity index (χ1v) is 10.0. The number of carbonyl (C=O) groups is 2. The van der Waals surface area contributed by atoms with Crippen molar-refractivity contribution in [2.75, 3.05) is 13.7 Å². The maximum atomic E-state index is 13.6. The van der Waals surface area contributed by atoms with Gasteiger partial charge in [-0.1, -0.05) is 19.1 Å². The molecule has 4 aliphatic rings. The second-order valence-corrected chi connectivity index (χ2v) is 8.60. The molecule has 1 amide bonds. The van der Waals surface area contributed by atoms with Crippen LogP contribution in [-0.4, -0.2) is 30.2 Å². The van der Waals surface area contributed by atoms with E-state index in [4.69, 9.17) is 4.74 Å². The average molecular weight is 355 g/mol. The summed E-state index contributed by atoms with van der Waals surface area (Å²) in [6.45, 7) is 3.55. The molecule has 4 nitrogen and oxygen atoms in total. The predicted octanol–water partition coefficient (Wildman–Crippen LogP) is 3.83. The number of rotatable bonds is 6. The summed E-state index contributed by atoms with van der Waals surface area (Å²) in [6.07, 6.45) is 5.58. The van der Waals surface area contributed by atoms with Crippen LogP contribution in [0.3, 0.4) is 0 Å². The summed E-state index contributed by atoms with van der Waals surface area (Å²) >= 11 is 0. The standard InChI is InChI=1S/C22H29NO3/c1-3-8-23(14-15-4-6-19(26-2)7-5-15)21(25)22-11-16-9-17(12-22)20(24)18(10-16)13-22/h4-7,16-18H,3,8-14H2,1-2H3/t16?,17-,18+,22?. The van der Waals surface area contributed by atoms with E-state index in [1.165, 1.54) is 0 Å². The van der Waals surface area contributed by atoms with Crippen LogP contribution < -0.4 is 4.74 Å². The van der Waals surface area contributed by atoms with E-state index in [2.05, 4.69) is 6.92 Å². The van der Waals surface area contributed by atoms with E-state index in [-0.39, 0.29) is 17.3 Å². The van der Waals surface area contributed by atoms with E-state index < -0.39 is 0 Å². The normalized spacial score (nSPS) is 31.9. The fourth-order valence-corrected chi connectivity index (χ4v) is 5.82. The third-order valence-electron chi connectivity index (χ3n) is 6.76. The summed E-state index contributed by atoms with van der Waals surface area (Å²) in [4.78, 5) is 28.1. The van der Waals surface area contributed by atoms with E-state index in [9.17, 15) is 9.59 Å². The van der Waals surface area contributed by atoms with Crippen LogP contribution in [0.4, 0.5) is 0 Å². The van der Waals surface area contributed by atoms with Crippen LogP contribution in [0.1, 0.15) is 51.0 Å². The van der Waals surface area contributed by atoms with Crippen LogP contribution in [0, 0.1) is 23.2 Å².